The van der Waals surface area contributed by atoms with Gasteiger partial charge in [0.2, 0.25) is 5.91 Å². The van der Waals surface area contributed by atoms with Crippen LogP contribution in [0.1, 0.15) is 72.3 Å². The summed E-state index contributed by atoms with van der Waals surface area (Å²) in [5.74, 6) is 1.19. The predicted molar refractivity (Wildman–Crippen MR) is 129 cm³/mol. The lowest BCUT2D eigenvalue weighted by Gasteiger charge is -2.59. The number of anilines is 1. The van der Waals surface area contributed by atoms with E-state index in [4.69, 9.17) is 15.6 Å². The molecule has 8 nitrogen and oxygen atoms in total. The van der Waals surface area contributed by atoms with Crippen molar-refractivity contribution in [3.63, 3.8) is 0 Å². The van der Waals surface area contributed by atoms with Gasteiger partial charge < -0.3 is 20.9 Å². The number of hydrogen-bond donors (Lipinski definition) is 4. The van der Waals surface area contributed by atoms with Crippen LogP contribution in [0, 0.1) is 23.2 Å². The molecule has 1 aromatic rings. The Bertz CT molecular complexity index is 996. The molecule has 4 aliphatic rings. The largest absolute Gasteiger partial charge is 0.478 e. The molecule has 5 rings (SSSR count). The van der Waals surface area contributed by atoms with E-state index in [-0.39, 0.29) is 35.1 Å². The lowest BCUT2D eigenvalue weighted by atomic mass is 9.47. The quantitative estimate of drug-likeness (QED) is 0.498. The molecule has 186 valence electrons. The molecule has 2 atom stereocenters. The van der Waals surface area contributed by atoms with Crippen molar-refractivity contribution in [2.45, 2.75) is 83.8 Å². The summed E-state index contributed by atoms with van der Waals surface area (Å²) >= 11 is 0. The average molecular weight is 472 g/mol. The Hall–Kier alpha value is -2.77. The molecule has 5 N–H and O–H groups in total. The first-order valence-corrected chi connectivity index (χ1v) is 12.1. The molecule has 4 saturated carbocycles. The molecule has 8 heteroatoms. The van der Waals surface area contributed by atoms with Crippen LogP contribution < -0.4 is 21.1 Å². The molecule has 0 aromatic heterocycles. The normalized spacial score (nSPS) is 30.0. The van der Waals surface area contributed by atoms with Crippen molar-refractivity contribution in [1.29, 1.82) is 0 Å². The van der Waals surface area contributed by atoms with E-state index in [9.17, 15) is 14.4 Å². The number of amides is 3. The number of carbonyl (C=O) groups is 3. The predicted octanol–water partition coefficient (Wildman–Crippen LogP) is 4.03. The lowest BCUT2D eigenvalue weighted by molar-refractivity contribution is -0.150. The Morgan fingerprint density at radius 3 is 2.21 bits per heavy atom. The van der Waals surface area contributed by atoms with Gasteiger partial charge in [-0.15, -0.1) is 0 Å². The summed E-state index contributed by atoms with van der Waals surface area (Å²) < 4.78 is 6.15. The molecule has 0 heterocycles. The molecule has 34 heavy (non-hydrogen) atoms. The van der Waals surface area contributed by atoms with Crippen molar-refractivity contribution < 1.29 is 24.2 Å². The van der Waals surface area contributed by atoms with Crippen molar-refractivity contribution >= 4 is 23.6 Å². The molecule has 0 saturated heterocycles. The van der Waals surface area contributed by atoms with Gasteiger partial charge in [0.1, 0.15) is 5.75 Å². The van der Waals surface area contributed by atoms with Crippen molar-refractivity contribution in [3.05, 3.63) is 23.8 Å². The number of rotatable bonds is 6. The van der Waals surface area contributed by atoms with Crippen LogP contribution in [0.15, 0.2) is 18.2 Å². The molecule has 4 aliphatic carbocycles. The maximum Gasteiger partial charge on any atom is 0.409 e. The van der Waals surface area contributed by atoms with Crippen LogP contribution in [0.4, 0.5) is 10.5 Å². The number of carboxylic acid groups (broad SMARTS) is 1. The second kappa shape index (κ2) is 8.17. The molecule has 0 spiro atoms. The van der Waals surface area contributed by atoms with Gasteiger partial charge in [0.05, 0.1) is 0 Å². The van der Waals surface area contributed by atoms with Crippen LogP contribution in [0.5, 0.6) is 5.75 Å². The number of benzene rings is 1. The zero-order valence-corrected chi connectivity index (χ0v) is 20.7. The molecule has 0 radical (unpaired) electrons. The fraction of sp³-hybridized carbons (Fsp3) is 0.654. The van der Waals surface area contributed by atoms with Crippen LogP contribution in [-0.4, -0.2) is 34.7 Å². The second-order valence-electron chi connectivity index (χ2n) is 12.1. The molecule has 2 unspecified atom stereocenters. The Balaban J connectivity index is 1.49. The molecule has 3 amide bonds. The topological polar surface area (TPSA) is 131 Å². The van der Waals surface area contributed by atoms with Gasteiger partial charge in [0, 0.05) is 17.1 Å². The molecule has 4 bridgehead atoms. The van der Waals surface area contributed by atoms with E-state index >= 15 is 0 Å². The van der Waals surface area contributed by atoms with Crippen molar-refractivity contribution in [2.24, 2.45) is 28.9 Å². The number of nitrogens with one attached hydrogen (secondary N) is 2. The summed E-state index contributed by atoms with van der Waals surface area (Å²) in [7, 11) is 0. The Morgan fingerprint density at radius 1 is 1.06 bits per heavy atom. The van der Waals surface area contributed by atoms with Gasteiger partial charge in [-0.3, -0.25) is 14.9 Å². The van der Waals surface area contributed by atoms with E-state index in [0.717, 1.165) is 37.7 Å². The van der Waals surface area contributed by atoms with Crippen LogP contribution in [-0.2, 0) is 15.0 Å². The number of primary amides is 1. The van der Waals surface area contributed by atoms with E-state index < -0.39 is 17.1 Å². The zero-order valence-electron chi connectivity index (χ0n) is 20.7. The molecular weight excluding hydrogens is 434 g/mol. The van der Waals surface area contributed by atoms with Crippen LogP contribution in [0.2, 0.25) is 0 Å². The van der Waals surface area contributed by atoms with E-state index in [0.29, 0.717) is 17.4 Å². The summed E-state index contributed by atoms with van der Waals surface area (Å²) in [5, 5.41) is 14.8. The molecule has 4 fully saturated rings. The van der Waals surface area contributed by atoms with Gasteiger partial charge in [-0.2, -0.15) is 0 Å². The minimum Gasteiger partial charge on any atom is -0.478 e. The average Bonchev–Trinajstić information content (AvgIpc) is 2.69. The Labute approximate surface area is 201 Å². The monoisotopic (exact) mass is 471 g/mol. The Kier molecular flexibility index (Phi) is 5.85. The smallest absolute Gasteiger partial charge is 0.409 e. The van der Waals surface area contributed by atoms with Crippen LogP contribution in [0.3, 0.4) is 0 Å². The fourth-order valence-corrected chi connectivity index (χ4v) is 6.66. The maximum atomic E-state index is 13.4. The maximum absolute atomic E-state index is 13.4. The summed E-state index contributed by atoms with van der Waals surface area (Å²) in [5.41, 5.74) is 5.21. The third-order valence-corrected chi connectivity index (χ3v) is 8.05. The molecule has 1 aromatic carbocycles. The van der Waals surface area contributed by atoms with Gasteiger partial charge in [-0.1, -0.05) is 20.8 Å². The summed E-state index contributed by atoms with van der Waals surface area (Å²) in [6.07, 6.45) is 3.35. The van der Waals surface area contributed by atoms with Gasteiger partial charge in [-0.05, 0) is 92.9 Å². The number of carbonyl (C=O) groups excluding carboxylic acids is 2. The van der Waals surface area contributed by atoms with Crippen molar-refractivity contribution in [1.82, 2.24) is 5.32 Å². The fourth-order valence-electron chi connectivity index (χ4n) is 6.66. The van der Waals surface area contributed by atoms with E-state index in [1.165, 1.54) is 0 Å². The van der Waals surface area contributed by atoms with Crippen molar-refractivity contribution in [2.75, 3.05) is 5.32 Å². The van der Waals surface area contributed by atoms with Crippen LogP contribution >= 0.6 is 0 Å². The molecule has 0 aliphatic heterocycles. The minimum atomic E-state index is -1.13. The third kappa shape index (κ3) is 4.46. The number of nitrogens with two attached hydrogens (primary N) is 1. The number of ether oxygens (including phenoxy) is 1. The second-order valence-corrected chi connectivity index (χ2v) is 12.1. The van der Waals surface area contributed by atoms with E-state index in [2.05, 4.69) is 10.6 Å². The van der Waals surface area contributed by atoms with Crippen LogP contribution in [0.25, 0.3) is 0 Å². The lowest BCUT2D eigenvalue weighted by Crippen LogP contribution is -2.63. The summed E-state index contributed by atoms with van der Waals surface area (Å²) in [4.78, 5) is 36.7. The van der Waals surface area contributed by atoms with Gasteiger partial charge in [-0.25, -0.2) is 4.79 Å². The van der Waals surface area contributed by atoms with Gasteiger partial charge in [0.15, 0.2) is 5.60 Å². The first-order valence-electron chi connectivity index (χ1n) is 12.1. The van der Waals surface area contributed by atoms with Gasteiger partial charge in [0.25, 0.3) is 5.91 Å². The van der Waals surface area contributed by atoms with E-state index in [1.807, 2.05) is 20.8 Å². The first kappa shape index (κ1) is 24.4. The van der Waals surface area contributed by atoms with Crippen molar-refractivity contribution in [3.8, 4) is 5.75 Å². The standard InChI is InChI=1S/C26H37N3O5/c1-24(2,3)18-10-17(6-7-19(18)28-23(32)33)34-25(4,5)22(31)29-20-15-8-14-9-16(20)13-26(11-14,12-15)21(27)30/h6-7,10,14-16,20,28H,8-9,11-13H2,1-5H3,(H2,27,30)(H,29,31)(H,32,33). The third-order valence-electron chi connectivity index (χ3n) is 8.05. The minimum absolute atomic E-state index is 0.0340. The first-order chi connectivity index (χ1) is 15.7. The summed E-state index contributed by atoms with van der Waals surface area (Å²) in [6.45, 7) is 9.44. The van der Waals surface area contributed by atoms with Gasteiger partial charge >= 0.3 is 6.09 Å². The van der Waals surface area contributed by atoms with E-state index in [1.54, 1.807) is 32.0 Å². The Morgan fingerprint density at radius 2 is 1.68 bits per heavy atom. The summed E-state index contributed by atoms with van der Waals surface area (Å²) in [6, 6.07) is 5.17. The SMILES string of the molecule is CC(C)(Oc1ccc(NC(=O)O)c(C(C)(C)C)c1)C(=O)NC1C2CC3CC1CC(C(N)=O)(C3)C2. The number of hydrogen-bond acceptors (Lipinski definition) is 4. The highest BCUT2D eigenvalue weighted by atomic mass is 16.5. The highest BCUT2D eigenvalue weighted by molar-refractivity contribution is 5.86. The highest BCUT2D eigenvalue weighted by Crippen LogP contribution is 2.60. The highest BCUT2D eigenvalue weighted by Gasteiger charge is 2.58. The molecular formula is C26H37N3O5. The zero-order chi connectivity index (χ0) is 25.1.